The maximum absolute atomic E-state index is 11.4. The summed E-state index contributed by atoms with van der Waals surface area (Å²) in [4.78, 5) is 22.0. The molecule has 2 atom stereocenters. The van der Waals surface area contributed by atoms with Crippen LogP contribution in [0.3, 0.4) is 0 Å². The molecule has 0 aromatic carbocycles. The largest absolute Gasteiger partial charge is 0.392 e. The van der Waals surface area contributed by atoms with Gasteiger partial charge in [-0.05, 0) is 5.92 Å². The molecule has 4 nitrogen and oxygen atoms in total. The van der Waals surface area contributed by atoms with Crippen molar-refractivity contribution in [2.75, 3.05) is 12.3 Å². The number of carbonyl (C=O) groups excluding carboxylic acids is 2. The van der Waals surface area contributed by atoms with Crippen molar-refractivity contribution in [2.45, 2.75) is 39.7 Å². The van der Waals surface area contributed by atoms with Crippen molar-refractivity contribution in [1.82, 2.24) is 5.32 Å². The van der Waals surface area contributed by atoms with Crippen molar-refractivity contribution >= 4 is 22.8 Å². The molecule has 0 aliphatic rings. The monoisotopic (exact) mass is 247 g/mol. The molecule has 0 saturated carbocycles. The highest BCUT2D eigenvalue weighted by atomic mass is 32.2. The van der Waals surface area contributed by atoms with Gasteiger partial charge in [0.05, 0.1) is 6.10 Å². The topological polar surface area (TPSA) is 66.4 Å². The summed E-state index contributed by atoms with van der Waals surface area (Å²) in [6.07, 6.45) is 0.510. The Morgan fingerprint density at radius 2 is 2.06 bits per heavy atom. The summed E-state index contributed by atoms with van der Waals surface area (Å²) < 4.78 is 0. The molecule has 0 aromatic rings. The van der Waals surface area contributed by atoms with Gasteiger partial charge < -0.3 is 10.4 Å². The van der Waals surface area contributed by atoms with Gasteiger partial charge in [-0.1, -0.05) is 32.0 Å². The van der Waals surface area contributed by atoms with E-state index < -0.39 is 6.10 Å². The Labute approximate surface area is 101 Å². The second-order valence-electron chi connectivity index (χ2n) is 3.86. The maximum atomic E-state index is 11.4. The van der Waals surface area contributed by atoms with Gasteiger partial charge in [0.25, 0.3) is 0 Å². The molecular formula is C11H21NO3S. The predicted molar refractivity (Wildman–Crippen MR) is 66.2 cm³/mol. The van der Waals surface area contributed by atoms with E-state index >= 15 is 0 Å². The minimum Gasteiger partial charge on any atom is -0.392 e. The number of nitrogens with one attached hydrogen (secondary N) is 1. The highest BCUT2D eigenvalue weighted by Gasteiger charge is 2.16. The normalized spacial score (nSPS) is 14.2. The van der Waals surface area contributed by atoms with Crippen LogP contribution in [0.2, 0.25) is 0 Å². The third-order valence-electron chi connectivity index (χ3n) is 2.42. The van der Waals surface area contributed by atoms with E-state index in [0.717, 1.165) is 18.2 Å². The molecule has 0 radical (unpaired) electrons. The second kappa shape index (κ2) is 8.58. The van der Waals surface area contributed by atoms with E-state index in [-0.39, 0.29) is 23.4 Å². The number of aliphatic hydroxyl groups is 1. The van der Waals surface area contributed by atoms with Gasteiger partial charge in [-0.25, -0.2) is 0 Å². The minimum absolute atomic E-state index is 0.0156. The van der Waals surface area contributed by atoms with Gasteiger partial charge in [0.2, 0.25) is 5.91 Å². The summed E-state index contributed by atoms with van der Waals surface area (Å²) in [5.74, 6) is 0.624. The smallest absolute Gasteiger partial charge is 0.216 e. The van der Waals surface area contributed by atoms with Crippen LogP contribution < -0.4 is 5.32 Å². The lowest BCUT2D eigenvalue weighted by Gasteiger charge is -2.15. The van der Waals surface area contributed by atoms with Crippen LogP contribution in [0.25, 0.3) is 0 Å². The lowest BCUT2D eigenvalue weighted by atomic mass is 10.0. The number of rotatable bonds is 7. The van der Waals surface area contributed by atoms with Crippen molar-refractivity contribution in [3.8, 4) is 0 Å². The molecule has 5 heteroatoms. The molecule has 0 bridgehead atoms. The molecule has 1 amide bonds. The number of carbonyl (C=O) groups is 2. The van der Waals surface area contributed by atoms with Crippen molar-refractivity contribution in [3.63, 3.8) is 0 Å². The Hall–Kier alpha value is -0.550. The fourth-order valence-electron chi connectivity index (χ4n) is 1.09. The Bertz CT molecular complexity index is 233. The average molecular weight is 247 g/mol. The number of aliphatic hydroxyl groups excluding tert-OH is 1. The summed E-state index contributed by atoms with van der Waals surface area (Å²) in [5, 5.41) is 12.2. The molecule has 0 spiro atoms. The van der Waals surface area contributed by atoms with Crippen molar-refractivity contribution in [1.29, 1.82) is 0 Å². The first-order chi connectivity index (χ1) is 7.47. The Balaban J connectivity index is 3.62. The van der Waals surface area contributed by atoms with E-state index in [1.165, 1.54) is 6.92 Å². The van der Waals surface area contributed by atoms with Gasteiger partial charge in [-0.3, -0.25) is 9.59 Å². The van der Waals surface area contributed by atoms with Crippen LogP contribution in [0.4, 0.5) is 0 Å². The fraction of sp³-hybridized carbons (Fsp3) is 0.818. The third-order valence-corrected chi connectivity index (χ3v) is 3.31. The summed E-state index contributed by atoms with van der Waals surface area (Å²) in [5.41, 5.74) is 0. The van der Waals surface area contributed by atoms with Crippen molar-refractivity contribution in [3.05, 3.63) is 0 Å². The van der Waals surface area contributed by atoms with Gasteiger partial charge in [0, 0.05) is 25.6 Å². The standard InChI is InChI=1S/C11H21NO3S/c1-4-8(2)10(14)7-11(15)16-6-5-12-9(3)13/h8,10,14H,4-7H2,1-3H3,(H,12,13)/t8-,10?/m0/s1. The van der Waals surface area contributed by atoms with Crippen LogP contribution in [0.15, 0.2) is 0 Å². The predicted octanol–water partition coefficient (Wildman–Crippen LogP) is 1.18. The van der Waals surface area contributed by atoms with E-state index in [4.69, 9.17) is 0 Å². The lowest BCUT2D eigenvalue weighted by Crippen LogP contribution is -2.24. The number of thioether (sulfide) groups is 1. The van der Waals surface area contributed by atoms with Gasteiger partial charge in [-0.2, -0.15) is 0 Å². The molecule has 0 aromatic heterocycles. The summed E-state index contributed by atoms with van der Waals surface area (Å²) in [6, 6.07) is 0. The van der Waals surface area contributed by atoms with Crippen LogP contribution >= 0.6 is 11.8 Å². The van der Waals surface area contributed by atoms with Gasteiger partial charge >= 0.3 is 0 Å². The zero-order valence-electron chi connectivity index (χ0n) is 10.2. The Morgan fingerprint density at radius 1 is 1.44 bits per heavy atom. The van der Waals surface area contributed by atoms with E-state index in [1.807, 2.05) is 13.8 Å². The lowest BCUT2D eigenvalue weighted by molar-refractivity contribution is -0.119. The fourth-order valence-corrected chi connectivity index (χ4v) is 1.82. The zero-order chi connectivity index (χ0) is 12.6. The average Bonchev–Trinajstić information content (AvgIpc) is 2.22. The molecule has 94 valence electrons. The van der Waals surface area contributed by atoms with E-state index in [9.17, 15) is 14.7 Å². The van der Waals surface area contributed by atoms with Crippen LogP contribution in [0.5, 0.6) is 0 Å². The summed E-state index contributed by atoms with van der Waals surface area (Å²) >= 11 is 1.16. The zero-order valence-corrected chi connectivity index (χ0v) is 11.0. The first-order valence-corrected chi connectivity index (χ1v) is 6.54. The number of hydrogen-bond acceptors (Lipinski definition) is 4. The number of amides is 1. The quantitative estimate of drug-likeness (QED) is 0.663. The Morgan fingerprint density at radius 3 is 2.56 bits per heavy atom. The molecular weight excluding hydrogens is 226 g/mol. The van der Waals surface area contributed by atoms with Crippen molar-refractivity contribution in [2.24, 2.45) is 5.92 Å². The van der Waals surface area contributed by atoms with E-state index in [0.29, 0.717) is 12.3 Å². The molecule has 1 unspecified atom stereocenters. The molecule has 0 aliphatic carbocycles. The SMILES string of the molecule is CC[C@H](C)C(O)CC(=O)SCCNC(C)=O. The molecule has 2 N–H and O–H groups in total. The maximum Gasteiger partial charge on any atom is 0.216 e. The van der Waals surface area contributed by atoms with Crippen LogP contribution in [-0.4, -0.2) is 34.5 Å². The van der Waals surface area contributed by atoms with Crippen LogP contribution in [0, 0.1) is 5.92 Å². The summed E-state index contributed by atoms with van der Waals surface area (Å²) in [6.45, 7) is 5.85. The molecule has 0 saturated heterocycles. The first-order valence-electron chi connectivity index (χ1n) is 5.55. The number of hydrogen-bond donors (Lipinski definition) is 2. The molecule has 0 aliphatic heterocycles. The third kappa shape index (κ3) is 7.70. The van der Waals surface area contributed by atoms with Crippen molar-refractivity contribution < 1.29 is 14.7 Å². The van der Waals surface area contributed by atoms with Gasteiger partial charge in [0.1, 0.15) is 0 Å². The molecule has 16 heavy (non-hydrogen) atoms. The van der Waals surface area contributed by atoms with E-state index in [1.54, 1.807) is 0 Å². The van der Waals surface area contributed by atoms with E-state index in [2.05, 4.69) is 5.32 Å². The highest BCUT2D eigenvalue weighted by Crippen LogP contribution is 2.15. The second-order valence-corrected chi connectivity index (χ2v) is 5.01. The molecule has 0 rings (SSSR count). The van der Waals surface area contributed by atoms with Crippen LogP contribution in [0.1, 0.15) is 33.6 Å². The Kier molecular flexibility index (Phi) is 8.29. The van der Waals surface area contributed by atoms with Gasteiger partial charge in [-0.15, -0.1) is 0 Å². The first kappa shape index (κ1) is 15.4. The summed E-state index contributed by atoms with van der Waals surface area (Å²) in [7, 11) is 0. The van der Waals surface area contributed by atoms with Crippen LogP contribution in [-0.2, 0) is 9.59 Å². The van der Waals surface area contributed by atoms with Gasteiger partial charge in [0.15, 0.2) is 5.12 Å². The minimum atomic E-state index is -0.550. The molecule has 0 heterocycles. The molecule has 0 fully saturated rings. The highest BCUT2D eigenvalue weighted by molar-refractivity contribution is 8.13.